The van der Waals surface area contributed by atoms with Crippen LogP contribution in [0.3, 0.4) is 0 Å². The molecule has 0 fully saturated rings. The van der Waals surface area contributed by atoms with Crippen molar-refractivity contribution in [1.29, 1.82) is 0 Å². The minimum absolute atomic E-state index is 0.328. The van der Waals surface area contributed by atoms with E-state index in [4.69, 9.17) is 34.8 Å². The smallest absolute Gasteiger partial charge is 0.277 e. The second kappa shape index (κ2) is 8.59. The van der Waals surface area contributed by atoms with Crippen molar-refractivity contribution in [1.82, 2.24) is 5.32 Å². The molecule has 0 aliphatic rings. The van der Waals surface area contributed by atoms with Crippen molar-refractivity contribution < 1.29 is 14.6 Å². The van der Waals surface area contributed by atoms with Crippen molar-refractivity contribution in [3.63, 3.8) is 0 Å². The van der Waals surface area contributed by atoms with Gasteiger partial charge in [0.1, 0.15) is 6.17 Å². The Bertz CT molecular complexity index is 883. The molecule has 2 aromatic carbocycles. The van der Waals surface area contributed by atoms with Gasteiger partial charge in [0.15, 0.2) is 0 Å². The van der Waals surface area contributed by atoms with E-state index >= 15 is 0 Å². The highest BCUT2D eigenvalue weighted by Crippen LogP contribution is 2.31. The molecule has 2 rings (SSSR count). The van der Waals surface area contributed by atoms with Gasteiger partial charge in [0.05, 0.1) is 21.5 Å². The van der Waals surface area contributed by atoms with Crippen molar-refractivity contribution >= 4 is 57.8 Å². The summed E-state index contributed by atoms with van der Waals surface area (Å²) in [4.78, 5) is 32.8. The molecule has 0 aliphatic carbocycles. The first-order chi connectivity index (χ1) is 13.0. The molecule has 0 saturated carbocycles. The van der Waals surface area contributed by atoms with E-state index in [1.54, 1.807) is 24.3 Å². The van der Waals surface area contributed by atoms with Crippen molar-refractivity contribution in [2.24, 2.45) is 0 Å². The third kappa shape index (κ3) is 5.69. The summed E-state index contributed by atoms with van der Waals surface area (Å²) >= 11 is 17.7. The standard InChI is InChI=1S/C16H13Cl3N4O5/c1-9-2-4-11(5-3-9)20-15(16(17,18)19)21-14(24)10-6-12(22(25)26)8-13(7-10)23(27)28/h2-8,15,20H,1H3,(H,21,24). The Morgan fingerprint density at radius 3 is 1.93 bits per heavy atom. The lowest BCUT2D eigenvalue weighted by atomic mass is 10.1. The van der Waals surface area contributed by atoms with E-state index in [9.17, 15) is 25.0 Å². The number of nitrogens with zero attached hydrogens (tertiary/aromatic N) is 2. The Labute approximate surface area is 173 Å². The van der Waals surface area contributed by atoms with Crippen LogP contribution in [-0.4, -0.2) is 25.7 Å². The maximum absolute atomic E-state index is 12.5. The number of non-ortho nitro benzene ring substituents is 2. The Balaban J connectivity index is 2.31. The number of halogens is 3. The molecule has 0 radical (unpaired) electrons. The van der Waals surface area contributed by atoms with Gasteiger partial charge < -0.3 is 10.6 Å². The number of benzene rings is 2. The van der Waals surface area contributed by atoms with E-state index in [-0.39, 0.29) is 5.56 Å². The Hall–Kier alpha value is -2.62. The van der Waals surface area contributed by atoms with Crippen molar-refractivity contribution in [3.8, 4) is 0 Å². The zero-order chi connectivity index (χ0) is 21.1. The Kier molecular flexibility index (Phi) is 6.65. The average molecular weight is 448 g/mol. The fourth-order valence-corrected chi connectivity index (χ4v) is 2.50. The van der Waals surface area contributed by atoms with E-state index in [1.165, 1.54) is 0 Å². The van der Waals surface area contributed by atoms with Crippen LogP contribution >= 0.6 is 34.8 Å². The van der Waals surface area contributed by atoms with Crippen LogP contribution in [0.4, 0.5) is 17.1 Å². The molecule has 0 heterocycles. The topological polar surface area (TPSA) is 127 Å². The first-order valence-corrected chi connectivity index (χ1v) is 8.75. The lowest BCUT2D eigenvalue weighted by molar-refractivity contribution is -0.394. The molecule has 2 N–H and O–H groups in total. The first kappa shape index (κ1) is 21.7. The number of nitro benzene ring substituents is 2. The van der Waals surface area contributed by atoms with E-state index < -0.39 is 37.1 Å². The monoisotopic (exact) mass is 446 g/mol. The highest BCUT2D eigenvalue weighted by Gasteiger charge is 2.35. The Morgan fingerprint density at radius 2 is 1.50 bits per heavy atom. The van der Waals surface area contributed by atoms with Gasteiger partial charge in [0.2, 0.25) is 3.79 Å². The van der Waals surface area contributed by atoms with Gasteiger partial charge in [-0.1, -0.05) is 52.5 Å². The van der Waals surface area contributed by atoms with Crippen LogP contribution in [0, 0.1) is 27.2 Å². The number of hydrogen-bond donors (Lipinski definition) is 2. The number of hydrogen-bond acceptors (Lipinski definition) is 6. The third-order valence-electron chi connectivity index (χ3n) is 3.55. The number of carbonyl (C=O) groups excluding carboxylic acids is 1. The van der Waals surface area contributed by atoms with Crippen LogP contribution < -0.4 is 10.6 Å². The molecule has 1 atom stereocenters. The molecule has 12 heteroatoms. The fourth-order valence-electron chi connectivity index (χ4n) is 2.17. The molecule has 0 saturated heterocycles. The normalized spacial score (nSPS) is 12.1. The molecule has 0 spiro atoms. The summed E-state index contributed by atoms with van der Waals surface area (Å²) in [6.07, 6.45) is -1.23. The average Bonchev–Trinajstić information content (AvgIpc) is 2.61. The Morgan fingerprint density at radius 1 is 1.00 bits per heavy atom. The highest BCUT2D eigenvalue weighted by atomic mass is 35.6. The predicted molar refractivity (Wildman–Crippen MR) is 106 cm³/mol. The second-order valence-electron chi connectivity index (χ2n) is 5.71. The molecule has 1 unspecified atom stereocenters. The summed E-state index contributed by atoms with van der Waals surface area (Å²) in [5.74, 6) is -0.900. The van der Waals surface area contributed by atoms with E-state index in [2.05, 4.69) is 10.6 Å². The molecule has 0 aliphatic heterocycles. The summed E-state index contributed by atoms with van der Waals surface area (Å²) in [7, 11) is 0. The number of rotatable bonds is 6. The van der Waals surface area contributed by atoms with Gasteiger partial charge in [-0.15, -0.1) is 0 Å². The SMILES string of the molecule is Cc1ccc(NC(NC(=O)c2cc([N+](=O)[O-])cc([N+](=O)[O-])c2)C(Cl)(Cl)Cl)cc1. The number of nitro groups is 2. The summed E-state index contributed by atoms with van der Waals surface area (Å²) in [5.41, 5.74) is -0.0328. The van der Waals surface area contributed by atoms with Crippen LogP contribution in [0.2, 0.25) is 0 Å². The molecule has 148 valence electrons. The van der Waals surface area contributed by atoms with Crippen LogP contribution in [0.15, 0.2) is 42.5 Å². The number of alkyl halides is 3. The van der Waals surface area contributed by atoms with Crippen LogP contribution in [0.1, 0.15) is 15.9 Å². The van der Waals surface area contributed by atoms with E-state index in [0.29, 0.717) is 5.69 Å². The van der Waals surface area contributed by atoms with Gasteiger partial charge in [-0.05, 0) is 19.1 Å². The molecule has 9 nitrogen and oxygen atoms in total. The minimum atomic E-state index is -1.99. The summed E-state index contributed by atoms with van der Waals surface area (Å²) < 4.78 is -1.99. The van der Waals surface area contributed by atoms with Gasteiger partial charge in [-0.3, -0.25) is 25.0 Å². The maximum Gasteiger partial charge on any atom is 0.277 e. The zero-order valence-electron chi connectivity index (χ0n) is 14.2. The quantitative estimate of drug-likeness (QED) is 0.293. The van der Waals surface area contributed by atoms with Gasteiger partial charge in [-0.2, -0.15) is 0 Å². The van der Waals surface area contributed by atoms with Crippen LogP contribution in [0.25, 0.3) is 0 Å². The third-order valence-corrected chi connectivity index (χ3v) is 4.21. The largest absolute Gasteiger partial charge is 0.362 e. The number of nitrogens with one attached hydrogen (secondary N) is 2. The van der Waals surface area contributed by atoms with E-state index in [0.717, 1.165) is 23.8 Å². The highest BCUT2D eigenvalue weighted by molar-refractivity contribution is 6.68. The molecule has 28 heavy (non-hydrogen) atoms. The lowest BCUT2D eigenvalue weighted by Crippen LogP contribution is -2.49. The summed E-state index contributed by atoms with van der Waals surface area (Å²) in [5, 5.41) is 27.2. The first-order valence-electron chi connectivity index (χ1n) is 7.62. The summed E-state index contributed by atoms with van der Waals surface area (Å²) in [6, 6.07) is 9.51. The number of amides is 1. The van der Waals surface area contributed by atoms with Gasteiger partial charge in [0.25, 0.3) is 17.3 Å². The summed E-state index contributed by atoms with van der Waals surface area (Å²) in [6.45, 7) is 1.88. The fraction of sp³-hybridized carbons (Fsp3) is 0.188. The predicted octanol–water partition coefficient (Wildman–Crippen LogP) is 4.35. The molecule has 0 bridgehead atoms. The molecule has 2 aromatic rings. The molecular formula is C16H13Cl3N4O5. The van der Waals surface area contributed by atoms with Crippen molar-refractivity contribution in [2.75, 3.05) is 5.32 Å². The minimum Gasteiger partial charge on any atom is -0.362 e. The maximum atomic E-state index is 12.5. The van der Waals surface area contributed by atoms with Crippen LogP contribution in [-0.2, 0) is 0 Å². The van der Waals surface area contributed by atoms with Gasteiger partial charge >= 0.3 is 0 Å². The van der Waals surface area contributed by atoms with Crippen molar-refractivity contribution in [2.45, 2.75) is 16.9 Å². The second-order valence-corrected chi connectivity index (χ2v) is 8.08. The van der Waals surface area contributed by atoms with Gasteiger partial charge in [0, 0.05) is 17.8 Å². The van der Waals surface area contributed by atoms with Gasteiger partial charge in [-0.25, -0.2) is 0 Å². The lowest BCUT2D eigenvalue weighted by Gasteiger charge is -2.27. The molecule has 0 aromatic heterocycles. The number of aryl methyl sites for hydroxylation is 1. The van der Waals surface area contributed by atoms with Crippen molar-refractivity contribution in [3.05, 3.63) is 73.8 Å². The number of carbonyl (C=O) groups is 1. The number of anilines is 1. The van der Waals surface area contributed by atoms with E-state index in [1.807, 2.05) is 6.92 Å². The van der Waals surface area contributed by atoms with Crippen LogP contribution in [0.5, 0.6) is 0 Å². The zero-order valence-corrected chi connectivity index (χ0v) is 16.5. The molecular weight excluding hydrogens is 435 g/mol. The molecule has 1 amide bonds.